The molecule has 0 heterocycles. The number of hydrogen-bond acceptors (Lipinski definition) is 2. The molecule has 22 heavy (non-hydrogen) atoms. The molecule has 0 spiro atoms. The van der Waals surface area contributed by atoms with Crippen molar-refractivity contribution >= 4 is 24.0 Å². The van der Waals surface area contributed by atoms with E-state index in [0.717, 1.165) is 17.8 Å². The normalized spacial score (nSPS) is 10.2. The molecule has 0 unspecified atom stereocenters. The summed E-state index contributed by atoms with van der Waals surface area (Å²) < 4.78 is 0. The van der Waals surface area contributed by atoms with Crippen LogP contribution in [-0.4, -0.2) is 13.0 Å². The monoisotopic (exact) mass is 318 g/mol. The minimum Gasteiger partial charge on any atom is -0.322 e. The standard InChI is InChI=1S/C18H22N2O.ClH/c1-13(2)14-8-10-15(11-9-14)18(21)20-17-7-5-4-6-16(17)12-19-3;/h4-11,13,19H,12H2,1-3H3,(H,20,21);1H. The SMILES string of the molecule is CNCc1ccccc1NC(=O)c1ccc(C(C)C)cc1.Cl. The summed E-state index contributed by atoms with van der Waals surface area (Å²) in [6.45, 7) is 5.01. The van der Waals surface area contributed by atoms with Crippen molar-refractivity contribution in [3.63, 3.8) is 0 Å². The Labute approximate surface area is 138 Å². The van der Waals surface area contributed by atoms with Crippen LogP contribution in [0.5, 0.6) is 0 Å². The molecule has 0 aromatic heterocycles. The van der Waals surface area contributed by atoms with Crippen molar-refractivity contribution in [1.29, 1.82) is 0 Å². The highest BCUT2D eigenvalue weighted by molar-refractivity contribution is 6.04. The number of carbonyl (C=O) groups is 1. The van der Waals surface area contributed by atoms with E-state index in [0.29, 0.717) is 11.5 Å². The third kappa shape index (κ3) is 4.58. The zero-order valence-electron chi connectivity index (χ0n) is 13.2. The fraction of sp³-hybridized carbons (Fsp3) is 0.278. The van der Waals surface area contributed by atoms with Gasteiger partial charge in [0, 0.05) is 17.8 Å². The third-order valence-corrected chi connectivity index (χ3v) is 3.47. The van der Waals surface area contributed by atoms with Gasteiger partial charge >= 0.3 is 0 Å². The minimum atomic E-state index is -0.0751. The van der Waals surface area contributed by atoms with Gasteiger partial charge in [0.1, 0.15) is 0 Å². The van der Waals surface area contributed by atoms with Gasteiger partial charge < -0.3 is 10.6 Å². The maximum atomic E-state index is 12.3. The summed E-state index contributed by atoms with van der Waals surface area (Å²) in [6.07, 6.45) is 0. The highest BCUT2D eigenvalue weighted by atomic mass is 35.5. The number of amides is 1. The Bertz CT molecular complexity index is 609. The topological polar surface area (TPSA) is 41.1 Å². The molecule has 0 saturated carbocycles. The quantitative estimate of drug-likeness (QED) is 0.867. The van der Waals surface area contributed by atoms with Crippen LogP contribution < -0.4 is 10.6 Å². The first kappa shape index (κ1) is 18.2. The Morgan fingerprint density at radius 3 is 2.27 bits per heavy atom. The van der Waals surface area contributed by atoms with Crippen LogP contribution in [0.25, 0.3) is 0 Å². The van der Waals surface area contributed by atoms with Crippen LogP contribution in [0.1, 0.15) is 41.3 Å². The first-order valence-corrected chi connectivity index (χ1v) is 7.25. The molecule has 2 aromatic rings. The molecule has 0 aliphatic heterocycles. The van der Waals surface area contributed by atoms with Crippen LogP contribution in [0, 0.1) is 0 Å². The highest BCUT2D eigenvalue weighted by Gasteiger charge is 2.09. The predicted molar refractivity (Wildman–Crippen MR) is 94.9 cm³/mol. The molecule has 2 N–H and O–H groups in total. The zero-order valence-corrected chi connectivity index (χ0v) is 14.0. The van der Waals surface area contributed by atoms with Crippen LogP contribution in [0.3, 0.4) is 0 Å². The van der Waals surface area contributed by atoms with E-state index in [1.165, 1.54) is 5.56 Å². The van der Waals surface area contributed by atoms with Gasteiger partial charge in [-0.25, -0.2) is 0 Å². The van der Waals surface area contributed by atoms with E-state index >= 15 is 0 Å². The van der Waals surface area contributed by atoms with E-state index in [4.69, 9.17) is 0 Å². The van der Waals surface area contributed by atoms with Gasteiger partial charge in [-0.15, -0.1) is 12.4 Å². The number of halogens is 1. The Kier molecular flexibility index (Phi) is 7.09. The Hall–Kier alpha value is -1.84. The largest absolute Gasteiger partial charge is 0.322 e. The predicted octanol–water partition coefficient (Wildman–Crippen LogP) is 4.20. The van der Waals surface area contributed by atoms with Gasteiger partial charge in [-0.2, -0.15) is 0 Å². The molecule has 0 saturated heterocycles. The molecule has 1 amide bonds. The second-order valence-corrected chi connectivity index (χ2v) is 5.42. The van der Waals surface area contributed by atoms with E-state index in [2.05, 4.69) is 24.5 Å². The third-order valence-electron chi connectivity index (χ3n) is 3.47. The number of benzene rings is 2. The highest BCUT2D eigenvalue weighted by Crippen LogP contribution is 2.18. The van der Waals surface area contributed by atoms with E-state index in [1.54, 1.807) is 0 Å². The average Bonchev–Trinajstić information content (AvgIpc) is 2.49. The Morgan fingerprint density at radius 2 is 1.68 bits per heavy atom. The van der Waals surface area contributed by atoms with E-state index < -0.39 is 0 Å². The molecule has 0 radical (unpaired) electrons. The van der Waals surface area contributed by atoms with Crippen LogP contribution in [0.2, 0.25) is 0 Å². The summed E-state index contributed by atoms with van der Waals surface area (Å²) in [4.78, 5) is 12.3. The van der Waals surface area contributed by atoms with Crippen molar-refractivity contribution < 1.29 is 4.79 Å². The summed E-state index contributed by atoms with van der Waals surface area (Å²) in [5.41, 5.74) is 3.85. The second kappa shape index (κ2) is 8.57. The molecule has 2 rings (SSSR count). The van der Waals surface area contributed by atoms with Gasteiger partial charge in [0.2, 0.25) is 0 Å². The fourth-order valence-electron chi connectivity index (χ4n) is 2.20. The van der Waals surface area contributed by atoms with Crippen molar-refractivity contribution in [2.24, 2.45) is 0 Å². The van der Waals surface area contributed by atoms with Crippen LogP contribution in [-0.2, 0) is 6.54 Å². The lowest BCUT2D eigenvalue weighted by atomic mass is 10.0. The van der Waals surface area contributed by atoms with Crippen LogP contribution in [0.4, 0.5) is 5.69 Å². The maximum absolute atomic E-state index is 12.3. The van der Waals surface area contributed by atoms with E-state index in [1.807, 2.05) is 55.6 Å². The first-order valence-electron chi connectivity index (χ1n) is 7.25. The summed E-state index contributed by atoms with van der Waals surface area (Å²) >= 11 is 0. The molecular formula is C18H23ClN2O. The first-order chi connectivity index (χ1) is 10.1. The lowest BCUT2D eigenvalue weighted by Gasteiger charge is -2.11. The molecule has 0 bridgehead atoms. The van der Waals surface area contributed by atoms with Gasteiger partial charge in [-0.1, -0.05) is 44.2 Å². The number of nitrogens with one attached hydrogen (secondary N) is 2. The van der Waals surface area contributed by atoms with Crippen molar-refractivity contribution in [2.75, 3.05) is 12.4 Å². The molecule has 3 nitrogen and oxygen atoms in total. The summed E-state index contributed by atoms with van der Waals surface area (Å²) in [5, 5.41) is 6.09. The smallest absolute Gasteiger partial charge is 0.255 e. The van der Waals surface area contributed by atoms with E-state index in [9.17, 15) is 4.79 Å². The number of hydrogen-bond donors (Lipinski definition) is 2. The number of carbonyl (C=O) groups excluding carboxylic acids is 1. The fourth-order valence-corrected chi connectivity index (χ4v) is 2.20. The zero-order chi connectivity index (χ0) is 15.2. The summed E-state index contributed by atoms with van der Waals surface area (Å²) in [6, 6.07) is 15.6. The van der Waals surface area contributed by atoms with Gasteiger partial charge in [-0.3, -0.25) is 4.79 Å². The second-order valence-electron chi connectivity index (χ2n) is 5.42. The van der Waals surface area contributed by atoms with E-state index in [-0.39, 0.29) is 18.3 Å². The van der Waals surface area contributed by atoms with Crippen molar-refractivity contribution in [3.05, 3.63) is 65.2 Å². The Balaban J connectivity index is 0.00000242. The maximum Gasteiger partial charge on any atom is 0.255 e. The molecule has 4 heteroatoms. The van der Waals surface area contributed by atoms with Crippen LogP contribution >= 0.6 is 12.4 Å². The van der Waals surface area contributed by atoms with Crippen molar-refractivity contribution in [2.45, 2.75) is 26.3 Å². The molecule has 0 aliphatic rings. The van der Waals surface area contributed by atoms with Crippen LogP contribution in [0.15, 0.2) is 48.5 Å². The lowest BCUT2D eigenvalue weighted by Crippen LogP contribution is -2.15. The molecule has 0 fully saturated rings. The molecular weight excluding hydrogens is 296 g/mol. The number of rotatable bonds is 5. The molecule has 118 valence electrons. The van der Waals surface area contributed by atoms with Gasteiger partial charge in [0.05, 0.1) is 0 Å². The van der Waals surface area contributed by atoms with Gasteiger partial charge in [-0.05, 0) is 42.3 Å². The number of para-hydroxylation sites is 1. The lowest BCUT2D eigenvalue weighted by molar-refractivity contribution is 0.102. The summed E-state index contributed by atoms with van der Waals surface area (Å²) in [5.74, 6) is 0.396. The molecule has 0 atom stereocenters. The average molecular weight is 319 g/mol. The Morgan fingerprint density at radius 1 is 1.05 bits per heavy atom. The molecule has 0 aliphatic carbocycles. The number of anilines is 1. The minimum absolute atomic E-state index is 0. The molecule has 2 aromatic carbocycles. The van der Waals surface area contributed by atoms with Gasteiger partial charge in [0.15, 0.2) is 0 Å². The van der Waals surface area contributed by atoms with Crippen molar-refractivity contribution in [1.82, 2.24) is 5.32 Å². The summed E-state index contributed by atoms with van der Waals surface area (Å²) in [7, 11) is 1.89. The van der Waals surface area contributed by atoms with Gasteiger partial charge in [0.25, 0.3) is 5.91 Å². The van der Waals surface area contributed by atoms with Crippen molar-refractivity contribution in [3.8, 4) is 0 Å².